The molecule has 2 aliphatic heterocycles. The minimum atomic E-state index is -1.76. The molecule has 15 heteroatoms. The van der Waals surface area contributed by atoms with Gasteiger partial charge in [-0.2, -0.15) is 0 Å². The summed E-state index contributed by atoms with van der Waals surface area (Å²) in [6.07, 6.45) is -5.95. The Bertz CT molecular complexity index is 2900. The van der Waals surface area contributed by atoms with E-state index < -0.39 is 97.4 Å². The average molecular weight is 971 g/mol. The van der Waals surface area contributed by atoms with Crippen LogP contribution in [0.4, 0.5) is 0 Å². The molecule has 9 rings (SSSR count). The fourth-order valence-corrected chi connectivity index (χ4v) is 8.48. The highest BCUT2D eigenvalue weighted by molar-refractivity contribution is 5.92. The molecule has 0 amide bonds. The number of carbonyl (C=O) groups excluding carboxylic acids is 6. The van der Waals surface area contributed by atoms with E-state index >= 15 is 0 Å². The van der Waals surface area contributed by atoms with Crippen LogP contribution >= 0.6 is 0 Å². The fourth-order valence-electron chi connectivity index (χ4n) is 8.48. The third-order valence-corrected chi connectivity index (χ3v) is 12.0. The van der Waals surface area contributed by atoms with Gasteiger partial charge in [-0.1, -0.05) is 109 Å². The highest BCUT2D eigenvalue weighted by Crippen LogP contribution is 2.43. The van der Waals surface area contributed by atoms with Crippen molar-refractivity contribution < 1.29 is 71.4 Å². The van der Waals surface area contributed by atoms with E-state index in [1.807, 2.05) is 0 Å². The van der Waals surface area contributed by atoms with Gasteiger partial charge in [0.1, 0.15) is 25.4 Å². The summed E-state index contributed by atoms with van der Waals surface area (Å²) in [5.74, 6) is -6.22. The maximum atomic E-state index is 14.2. The van der Waals surface area contributed by atoms with Gasteiger partial charge in [0, 0.05) is 5.92 Å². The van der Waals surface area contributed by atoms with E-state index in [1.54, 1.807) is 158 Å². The van der Waals surface area contributed by atoms with Crippen LogP contribution < -0.4 is 0 Å². The zero-order valence-electron chi connectivity index (χ0n) is 38.3. The van der Waals surface area contributed by atoms with E-state index in [9.17, 15) is 28.8 Å². The lowest BCUT2D eigenvalue weighted by molar-refractivity contribution is -0.337. The van der Waals surface area contributed by atoms with Gasteiger partial charge in [-0.3, -0.25) is 0 Å². The SMILES string of the molecule is O=C(OCC1=C[C@H](OC(=O)c2ccccc2)[C@@H]2C=CO[C@H](O[C@H]3O[C@@H](COC(=O)c4ccccc4)[C@H](OC(=O)c4ccccc4)[C@@H](OC(=O)c4ccccc4)[C@@H]3OC(=O)c3ccccc3)[C@H]12)c1ccccc1. The molecular formula is C57H46O15. The summed E-state index contributed by atoms with van der Waals surface area (Å²) < 4.78 is 56.0. The van der Waals surface area contributed by atoms with Crippen LogP contribution in [-0.2, 0) is 42.6 Å². The van der Waals surface area contributed by atoms with Gasteiger partial charge in [0.2, 0.25) is 12.6 Å². The molecule has 0 aromatic heterocycles. The largest absolute Gasteiger partial charge is 0.472 e. The first-order valence-corrected chi connectivity index (χ1v) is 23.0. The van der Waals surface area contributed by atoms with Crippen LogP contribution in [0.25, 0.3) is 0 Å². The van der Waals surface area contributed by atoms with Gasteiger partial charge in [-0.15, -0.1) is 0 Å². The summed E-state index contributed by atoms with van der Waals surface area (Å²) in [6.45, 7) is -0.898. The van der Waals surface area contributed by atoms with Crippen molar-refractivity contribution in [1.29, 1.82) is 0 Å². The van der Waals surface area contributed by atoms with Crippen molar-refractivity contribution in [3.05, 3.63) is 239 Å². The standard InChI is InChI=1S/C57H46O15/c58-50(36-19-7-1-8-20-36)65-34-42-33-44(67-52(60)38-23-11-3-12-24-38)43-31-32-64-56(46(42)43)72-57-49(71-55(63)41-29-17-6-18-30-41)48(70-54(62)40-27-15-5-16-28-40)47(69-53(61)39-25-13-4-14-26-39)45(68-57)35-66-51(59)37-21-9-2-10-22-37/h1-33,43-49,56-57H,34-35H2/t43-,44-,45-,46+,47-,48+,49-,56+,57+/m0/s1. The fraction of sp³-hybridized carbons (Fsp3) is 0.193. The van der Waals surface area contributed by atoms with Crippen molar-refractivity contribution in [2.75, 3.05) is 13.2 Å². The normalized spacial score (nSPS) is 22.9. The highest BCUT2D eigenvalue weighted by Gasteiger charge is 2.56. The third-order valence-electron chi connectivity index (χ3n) is 12.0. The first-order chi connectivity index (χ1) is 35.2. The minimum Gasteiger partial charge on any atom is -0.472 e. The summed E-state index contributed by atoms with van der Waals surface area (Å²) in [5.41, 5.74) is 1.54. The lowest BCUT2D eigenvalue weighted by Crippen LogP contribution is -2.64. The Labute approximate surface area is 413 Å². The summed E-state index contributed by atoms with van der Waals surface area (Å²) in [4.78, 5) is 82.9. The third kappa shape index (κ3) is 11.5. The number of hydrogen-bond acceptors (Lipinski definition) is 15. The molecule has 0 unspecified atom stereocenters. The summed E-state index contributed by atoms with van der Waals surface area (Å²) >= 11 is 0. The number of hydrogen-bond donors (Lipinski definition) is 0. The van der Waals surface area contributed by atoms with E-state index in [0.29, 0.717) is 16.7 Å². The second-order valence-electron chi connectivity index (χ2n) is 16.7. The first kappa shape index (κ1) is 48.4. The molecule has 15 nitrogen and oxygen atoms in total. The Morgan fingerprint density at radius 3 is 1.26 bits per heavy atom. The van der Waals surface area contributed by atoms with Gasteiger partial charge in [0.25, 0.3) is 0 Å². The topological polar surface area (TPSA) is 185 Å². The maximum absolute atomic E-state index is 14.2. The summed E-state index contributed by atoms with van der Waals surface area (Å²) in [5, 5.41) is 0. The zero-order valence-corrected chi connectivity index (χ0v) is 38.3. The second kappa shape index (κ2) is 22.8. The molecule has 72 heavy (non-hydrogen) atoms. The Balaban J connectivity index is 1.10. The number of benzene rings is 6. The molecule has 0 N–H and O–H groups in total. The van der Waals surface area contributed by atoms with Crippen molar-refractivity contribution in [3.63, 3.8) is 0 Å². The van der Waals surface area contributed by atoms with Crippen LogP contribution in [0.15, 0.2) is 206 Å². The smallest absolute Gasteiger partial charge is 0.338 e. The highest BCUT2D eigenvalue weighted by atomic mass is 16.8. The van der Waals surface area contributed by atoms with Crippen LogP contribution in [0.1, 0.15) is 62.1 Å². The lowest BCUT2D eigenvalue weighted by atomic mass is 9.88. The number of rotatable bonds is 16. The van der Waals surface area contributed by atoms with Gasteiger partial charge < -0.3 is 42.6 Å². The van der Waals surface area contributed by atoms with Crippen LogP contribution in [0.5, 0.6) is 0 Å². The van der Waals surface area contributed by atoms with Crippen molar-refractivity contribution in [2.45, 2.75) is 43.1 Å². The predicted octanol–water partition coefficient (Wildman–Crippen LogP) is 8.39. The lowest BCUT2D eigenvalue weighted by Gasteiger charge is -2.46. The van der Waals surface area contributed by atoms with Gasteiger partial charge >= 0.3 is 35.8 Å². The molecule has 1 saturated heterocycles. The Hall–Kier alpha value is -8.66. The van der Waals surface area contributed by atoms with E-state index in [1.165, 1.54) is 42.7 Å². The molecule has 6 aromatic carbocycles. The number of fused-ring (bicyclic) bond motifs is 1. The van der Waals surface area contributed by atoms with Crippen LogP contribution in [0, 0.1) is 11.8 Å². The van der Waals surface area contributed by atoms with Gasteiger partial charge in [0.05, 0.1) is 45.6 Å². The van der Waals surface area contributed by atoms with Crippen molar-refractivity contribution in [2.24, 2.45) is 11.8 Å². The molecule has 1 aliphatic carbocycles. The number of carbonyl (C=O) groups is 6. The van der Waals surface area contributed by atoms with E-state index in [0.717, 1.165) is 0 Å². The monoisotopic (exact) mass is 970 g/mol. The molecule has 364 valence electrons. The molecule has 0 spiro atoms. The molecule has 2 heterocycles. The maximum Gasteiger partial charge on any atom is 0.338 e. The summed E-state index contributed by atoms with van der Waals surface area (Å²) in [6, 6.07) is 48.8. The van der Waals surface area contributed by atoms with E-state index in [2.05, 4.69) is 0 Å². The Kier molecular flexibility index (Phi) is 15.3. The summed E-state index contributed by atoms with van der Waals surface area (Å²) in [7, 11) is 0. The van der Waals surface area contributed by atoms with Crippen molar-refractivity contribution in [1.82, 2.24) is 0 Å². The van der Waals surface area contributed by atoms with E-state index in [4.69, 9.17) is 42.6 Å². The Morgan fingerprint density at radius 1 is 0.417 bits per heavy atom. The quantitative estimate of drug-likeness (QED) is 0.0511. The molecular weight excluding hydrogens is 925 g/mol. The first-order valence-electron chi connectivity index (χ1n) is 23.0. The van der Waals surface area contributed by atoms with E-state index in [-0.39, 0.29) is 28.9 Å². The molecule has 6 aromatic rings. The van der Waals surface area contributed by atoms with Gasteiger partial charge in [-0.25, -0.2) is 28.8 Å². The molecule has 0 radical (unpaired) electrons. The molecule has 1 fully saturated rings. The van der Waals surface area contributed by atoms with Crippen LogP contribution in [0.3, 0.4) is 0 Å². The van der Waals surface area contributed by atoms with Crippen molar-refractivity contribution >= 4 is 35.8 Å². The second-order valence-corrected chi connectivity index (χ2v) is 16.7. The molecule has 0 saturated carbocycles. The zero-order chi connectivity index (χ0) is 49.8. The van der Waals surface area contributed by atoms with Crippen LogP contribution in [0.2, 0.25) is 0 Å². The van der Waals surface area contributed by atoms with Gasteiger partial charge in [-0.05, 0) is 90.5 Å². The van der Waals surface area contributed by atoms with Crippen molar-refractivity contribution in [3.8, 4) is 0 Å². The molecule has 0 bridgehead atoms. The number of ether oxygens (including phenoxy) is 9. The number of esters is 6. The molecule has 9 atom stereocenters. The van der Waals surface area contributed by atoms with Crippen LogP contribution in [-0.4, -0.2) is 92.1 Å². The van der Waals surface area contributed by atoms with Gasteiger partial charge in [0.15, 0.2) is 18.3 Å². The predicted molar refractivity (Wildman–Crippen MR) is 255 cm³/mol. The minimum absolute atomic E-state index is 0.0975. The average Bonchev–Trinajstić information content (AvgIpc) is 3.79. The molecule has 3 aliphatic rings. The Morgan fingerprint density at radius 2 is 0.806 bits per heavy atom.